The number of likely N-dealkylation sites (tertiary alicyclic amines) is 1. The van der Waals surface area contributed by atoms with Gasteiger partial charge in [0.2, 0.25) is 0 Å². The van der Waals surface area contributed by atoms with Crippen molar-refractivity contribution in [1.29, 1.82) is 0 Å². The number of hydrazine groups is 1. The van der Waals surface area contributed by atoms with Crippen LogP contribution in [0.15, 0.2) is 24.3 Å². The van der Waals surface area contributed by atoms with Crippen LogP contribution in [-0.4, -0.2) is 59.1 Å². The summed E-state index contributed by atoms with van der Waals surface area (Å²) >= 11 is 0. The topological polar surface area (TPSA) is 137 Å². The number of benzene rings is 1. The third-order valence-electron chi connectivity index (χ3n) is 4.24. The molecule has 28 heavy (non-hydrogen) atoms. The predicted octanol–water partition coefficient (Wildman–Crippen LogP) is 0.954. The van der Waals surface area contributed by atoms with Gasteiger partial charge in [-0.15, -0.1) is 0 Å². The maximum absolute atomic E-state index is 12.5. The lowest BCUT2D eigenvalue weighted by Gasteiger charge is -2.25. The monoisotopic (exact) mass is 392 g/mol. The third kappa shape index (κ3) is 5.35. The second-order valence-corrected chi connectivity index (χ2v) is 6.27. The van der Waals surface area contributed by atoms with Crippen molar-refractivity contribution < 1.29 is 29.0 Å². The number of carboxylic acid groups (broad SMARTS) is 1. The van der Waals surface area contributed by atoms with Crippen molar-refractivity contribution in [3.05, 3.63) is 29.8 Å². The molecular weight excluding hydrogens is 368 g/mol. The van der Waals surface area contributed by atoms with Gasteiger partial charge >= 0.3 is 18.0 Å². The number of rotatable bonds is 7. The number of hydrogen-bond donors (Lipinski definition) is 4. The van der Waals surface area contributed by atoms with E-state index in [-0.39, 0.29) is 12.2 Å². The van der Waals surface area contributed by atoms with E-state index in [0.717, 1.165) is 0 Å². The van der Waals surface area contributed by atoms with Crippen molar-refractivity contribution in [1.82, 2.24) is 15.6 Å². The lowest BCUT2D eigenvalue weighted by atomic mass is 10.2. The molecule has 0 aromatic heterocycles. The molecule has 0 aliphatic carbocycles. The summed E-state index contributed by atoms with van der Waals surface area (Å²) in [6.45, 7) is 3.78. The zero-order chi connectivity index (χ0) is 20.7. The number of aromatic carboxylic acids is 1. The zero-order valence-corrected chi connectivity index (χ0v) is 15.7. The molecule has 10 heteroatoms. The molecule has 1 saturated heterocycles. The Kier molecular flexibility index (Phi) is 7.19. The van der Waals surface area contributed by atoms with E-state index in [1.807, 2.05) is 0 Å². The van der Waals surface area contributed by atoms with Gasteiger partial charge in [-0.1, -0.05) is 6.07 Å². The van der Waals surface area contributed by atoms with E-state index in [4.69, 9.17) is 9.84 Å². The minimum Gasteiger partial charge on any atom is -0.478 e. The summed E-state index contributed by atoms with van der Waals surface area (Å²) in [7, 11) is 0. The van der Waals surface area contributed by atoms with Gasteiger partial charge in [0.25, 0.3) is 5.91 Å². The highest BCUT2D eigenvalue weighted by molar-refractivity contribution is 5.91. The molecule has 4 N–H and O–H groups in total. The molecule has 0 spiro atoms. The Morgan fingerprint density at radius 3 is 2.75 bits per heavy atom. The Labute approximate surface area is 162 Å². The molecule has 3 amide bonds. The molecule has 10 nitrogen and oxygen atoms in total. The minimum absolute atomic E-state index is 0.0778. The molecule has 1 aromatic carbocycles. The van der Waals surface area contributed by atoms with Gasteiger partial charge in [0.05, 0.1) is 17.9 Å². The van der Waals surface area contributed by atoms with E-state index in [1.54, 1.807) is 19.1 Å². The van der Waals surface area contributed by atoms with Crippen molar-refractivity contribution in [2.24, 2.45) is 0 Å². The Morgan fingerprint density at radius 2 is 2.07 bits per heavy atom. The number of nitrogens with one attached hydrogen (secondary N) is 3. The van der Waals surface area contributed by atoms with E-state index >= 15 is 0 Å². The fraction of sp³-hybridized carbons (Fsp3) is 0.444. The first-order valence-electron chi connectivity index (χ1n) is 8.96. The van der Waals surface area contributed by atoms with Crippen molar-refractivity contribution >= 4 is 29.6 Å². The molecular formula is C18H24N4O6. The van der Waals surface area contributed by atoms with Crippen LogP contribution in [0.5, 0.6) is 0 Å². The maximum atomic E-state index is 12.5. The Hall–Kier alpha value is -3.30. The molecule has 2 atom stereocenters. The molecule has 1 heterocycles. The van der Waals surface area contributed by atoms with Gasteiger partial charge in [-0.3, -0.25) is 15.6 Å². The molecule has 1 aromatic rings. The van der Waals surface area contributed by atoms with Gasteiger partial charge in [0, 0.05) is 6.54 Å². The maximum Gasteiger partial charge on any atom is 0.335 e. The zero-order valence-electron chi connectivity index (χ0n) is 15.7. The van der Waals surface area contributed by atoms with Crippen LogP contribution in [0, 0.1) is 0 Å². The number of hydrogen-bond acceptors (Lipinski definition) is 6. The first kappa shape index (κ1) is 21.0. The molecule has 2 rings (SSSR count). The summed E-state index contributed by atoms with van der Waals surface area (Å²) in [5, 5.41) is 11.5. The SMILES string of the molecule is CCOC(=O)C(C)NC(=O)N1CCCC1C(=O)NNc1cccc(C(=O)O)c1. The van der Waals surface area contributed by atoms with Crippen LogP contribution in [0.4, 0.5) is 10.5 Å². The number of carboxylic acids is 1. The van der Waals surface area contributed by atoms with E-state index in [0.29, 0.717) is 25.1 Å². The molecule has 0 saturated carbocycles. The molecule has 1 aliphatic rings. The highest BCUT2D eigenvalue weighted by Gasteiger charge is 2.35. The quantitative estimate of drug-likeness (QED) is 0.400. The fourth-order valence-corrected chi connectivity index (χ4v) is 2.82. The average Bonchev–Trinajstić information content (AvgIpc) is 3.16. The summed E-state index contributed by atoms with van der Waals surface area (Å²) in [6.07, 6.45) is 1.12. The third-order valence-corrected chi connectivity index (χ3v) is 4.24. The molecule has 2 unspecified atom stereocenters. The number of urea groups is 1. The van der Waals surface area contributed by atoms with Crippen molar-refractivity contribution in [2.75, 3.05) is 18.6 Å². The first-order chi connectivity index (χ1) is 13.3. The Morgan fingerprint density at radius 1 is 1.32 bits per heavy atom. The van der Waals surface area contributed by atoms with E-state index in [9.17, 15) is 19.2 Å². The number of amides is 3. The first-order valence-corrected chi connectivity index (χ1v) is 8.96. The van der Waals surface area contributed by atoms with Crippen LogP contribution in [0.1, 0.15) is 37.0 Å². The van der Waals surface area contributed by atoms with Crippen LogP contribution in [0.2, 0.25) is 0 Å². The second kappa shape index (κ2) is 9.58. The summed E-state index contributed by atoms with van der Waals surface area (Å²) in [4.78, 5) is 48.9. The summed E-state index contributed by atoms with van der Waals surface area (Å²) in [5.74, 6) is -2.06. The number of ether oxygens (including phenoxy) is 1. The number of carbonyl (C=O) groups is 4. The largest absolute Gasteiger partial charge is 0.478 e. The Bertz CT molecular complexity index is 753. The molecule has 1 fully saturated rings. The molecule has 1 aliphatic heterocycles. The van der Waals surface area contributed by atoms with E-state index < -0.39 is 36.0 Å². The van der Waals surface area contributed by atoms with E-state index in [1.165, 1.54) is 24.0 Å². The van der Waals surface area contributed by atoms with Crippen LogP contribution in [-0.2, 0) is 14.3 Å². The standard InChI is InChI=1S/C18H24N4O6/c1-3-28-17(26)11(2)19-18(27)22-9-5-8-14(22)15(23)21-20-13-7-4-6-12(10-13)16(24)25/h4,6-7,10-11,14,20H,3,5,8-9H2,1-2H3,(H,19,27)(H,21,23)(H,24,25). The smallest absolute Gasteiger partial charge is 0.335 e. The number of anilines is 1. The predicted molar refractivity (Wildman–Crippen MR) is 99.5 cm³/mol. The lowest BCUT2D eigenvalue weighted by Crippen LogP contribution is -2.53. The van der Waals surface area contributed by atoms with Crippen molar-refractivity contribution in [3.8, 4) is 0 Å². The lowest BCUT2D eigenvalue weighted by molar-refractivity contribution is -0.144. The Balaban J connectivity index is 1.93. The van der Waals surface area contributed by atoms with Crippen molar-refractivity contribution in [2.45, 2.75) is 38.8 Å². The summed E-state index contributed by atoms with van der Waals surface area (Å²) in [6, 6.07) is 3.91. The fourth-order valence-electron chi connectivity index (χ4n) is 2.82. The normalized spacial score (nSPS) is 16.8. The van der Waals surface area contributed by atoms with Gasteiger partial charge in [-0.25, -0.2) is 14.4 Å². The van der Waals surface area contributed by atoms with Gasteiger partial charge in [0.15, 0.2) is 0 Å². The van der Waals surface area contributed by atoms with Crippen molar-refractivity contribution in [3.63, 3.8) is 0 Å². The van der Waals surface area contributed by atoms with Gasteiger partial charge in [0.1, 0.15) is 12.1 Å². The van der Waals surface area contributed by atoms with Gasteiger partial charge < -0.3 is 20.1 Å². The molecule has 0 radical (unpaired) electrons. The van der Waals surface area contributed by atoms with Crippen LogP contribution >= 0.6 is 0 Å². The highest BCUT2D eigenvalue weighted by atomic mass is 16.5. The van der Waals surface area contributed by atoms with Crippen LogP contribution < -0.4 is 16.2 Å². The minimum atomic E-state index is -1.08. The molecule has 0 bridgehead atoms. The highest BCUT2D eigenvalue weighted by Crippen LogP contribution is 2.18. The second-order valence-electron chi connectivity index (χ2n) is 6.27. The average molecular weight is 392 g/mol. The van der Waals surface area contributed by atoms with Gasteiger partial charge in [-0.05, 0) is 44.9 Å². The van der Waals surface area contributed by atoms with Gasteiger partial charge in [-0.2, -0.15) is 0 Å². The number of nitrogens with zero attached hydrogens (tertiary/aromatic N) is 1. The number of carbonyl (C=O) groups excluding carboxylic acids is 3. The summed E-state index contributed by atoms with van der Waals surface area (Å²) in [5.41, 5.74) is 5.63. The number of esters is 1. The summed E-state index contributed by atoms with van der Waals surface area (Å²) < 4.78 is 4.85. The van der Waals surface area contributed by atoms with Crippen LogP contribution in [0.3, 0.4) is 0 Å². The van der Waals surface area contributed by atoms with E-state index in [2.05, 4.69) is 16.2 Å². The van der Waals surface area contributed by atoms with Crippen LogP contribution in [0.25, 0.3) is 0 Å². The molecule has 152 valence electrons.